The molecule has 2 aliphatic heterocycles. The van der Waals surface area contributed by atoms with Crippen LogP contribution in [0.15, 0.2) is 43.0 Å². The van der Waals surface area contributed by atoms with Crippen LogP contribution in [0.2, 0.25) is 0 Å². The number of amides is 2. The normalized spacial score (nSPS) is 23.4. The summed E-state index contributed by atoms with van der Waals surface area (Å²) in [6.07, 6.45) is 5.14. The van der Waals surface area contributed by atoms with Crippen molar-refractivity contribution in [3.8, 4) is 11.3 Å². The minimum atomic E-state index is -1.03. The number of imide groups is 1. The van der Waals surface area contributed by atoms with Crippen molar-refractivity contribution in [1.29, 1.82) is 0 Å². The van der Waals surface area contributed by atoms with E-state index in [2.05, 4.69) is 20.0 Å². The van der Waals surface area contributed by atoms with Crippen LogP contribution in [0.3, 0.4) is 0 Å². The number of likely N-dealkylation sites (tertiary alicyclic amines) is 1. The van der Waals surface area contributed by atoms with E-state index in [-0.39, 0.29) is 59.7 Å². The molecule has 3 aliphatic rings. The van der Waals surface area contributed by atoms with Crippen LogP contribution >= 0.6 is 12.4 Å². The first-order valence-corrected chi connectivity index (χ1v) is 13.1. The average Bonchev–Trinajstić information content (AvgIpc) is 3.27. The molecule has 0 radical (unpaired) electrons. The molecule has 12 heteroatoms. The molecule has 1 saturated carbocycles. The number of halogens is 1. The van der Waals surface area contributed by atoms with Gasteiger partial charge < -0.3 is 19.7 Å². The smallest absolute Gasteiger partial charge is 0.335 e. The lowest BCUT2D eigenvalue weighted by atomic mass is 10.0. The zero-order chi connectivity index (χ0) is 27.1. The van der Waals surface area contributed by atoms with Gasteiger partial charge >= 0.3 is 5.97 Å². The largest absolute Gasteiger partial charge is 0.478 e. The van der Waals surface area contributed by atoms with E-state index in [4.69, 9.17) is 4.74 Å². The minimum Gasteiger partial charge on any atom is -0.478 e. The molecule has 4 aromatic rings. The van der Waals surface area contributed by atoms with Crippen molar-refractivity contribution < 1.29 is 24.2 Å². The molecule has 208 valence electrons. The third-order valence-electron chi connectivity index (χ3n) is 8.46. The summed E-state index contributed by atoms with van der Waals surface area (Å²) in [5, 5.41) is 18.3. The van der Waals surface area contributed by atoms with Gasteiger partial charge in [-0.05, 0) is 35.2 Å². The molecule has 11 nitrogen and oxygen atoms in total. The Labute approximate surface area is 235 Å². The molecular formula is C28H29ClN6O5. The maximum Gasteiger partial charge on any atom is 0.335 e. The molecule has 3 fully saturated rings. The Kier molecular flexibility index (Phi) is 6.21. The van der Waals surface area contributed by atoms with Crippen LogP contribution in [-0.4, -0.2) is 72.8 Å². The highest BCUT2D eigenvalue weighted by atomic mass is 35.5. The van der Waals surface area contributed by atoms with E-state index < -0.39 is 5.97 Å². The lowest BCUT2D eigenvalue weighted by molar-refractivity contribution is -0.143. The van der Waals surface area contributed by atoms with Crippen LogP contribution in [0, 0.1) is 17.3 Å². The van der Waals surface area contributed by atoms with Gasteiger partial charge in [-0.1, -0.05) is 13.8 Å². The number of carbonyl (C=O) groups is 3. The van der Waals surface area contributed by atoms with Crippen LogP contribution in [-0.2, 0) is 27.4 Å². The summed E-state index contributed by atoms with van der Waals surface area (Å²) in [5.41, 5.74) is 3.38. The minimum absolute atomic E-state index is 0. The molecular weight excluding hydrogens is 536 g/mol. The van der Waals surface area contributed by atoms with E-state index in [0.29, 0.717) is 29.9 Å². The number of fused-ring (bicyclic) bond motifs is 3. The first-order valence-electron chi connectivity index (χ1n) is 13.1. The fourth-order valence-electron chi connectivity index (χ4n) is 6.38. The zero-order valence-electron chi connectivity index (χ0n) is 22.0. The maximum absolute atomic E-state index is 12.9. The van der Waals surface area contributed by atoms with Crippen molar-refractivity contribution in [2.24, 2.45) is 17.3 Å². The van der Waals surface area contributed by atoms with Crippen molar-refractivity contribution in [3.63, 3.8) is 0 Å². The number of nitrogens with one attached hydrogen (secondary N) is 1. The first-order chi connectivity index (χ1) is 18.7. The number of nitrogens with zero attached hydrogens (tertiary/aromatic N) is 5. The van der Waals surface area contributed by atoms with Gasteiger partial charge in [0.25, 0.3) is 0 Å². The molecule has 7 rings (SSSR count). The Bertz CT molecular complexity index is 1660. The number of rotatable bonds is 6. The molecule has 2 N–H and O–H groups in total. The number of benzene rings is 1. The van der Waals surface area contributed by atoms with Gasteiger partial charge in [-0.15, -0.1) is 12.4 Å². The molecule has 1 aromatic carbocycles. The predicted octanol–water partition coefficient (Wildman–Crippen LogP) is 2.60. The third kappa shape index (κ3) is 3.99. The second-order valence-corrected chi connectivity index (χ2v) is 11.3. The van der Waals surface area contributed by atoms with Crippen molar-refractivity contribution in [3.05, 3.63) is 54.1 Å². The van der Waals surface area contributed by atoms with Gasteiger partial charge in [0.15, 0.2) is 0 Å². The summed E-state index contributed by atoms with van der Waals surface area (Å²) < 4.78 is 9.65. The van der Waals surface area contributed by atoms with E-state index in [1.54, 1.807) is 22.8 Å². The van der Waals surface area contributed by atoms with Gasteiger partial charge in [0, 0.05) is 36.4 Å². The number of hydrogen-bond acceptors (Lipinski definition) is 7. The number of aromatic carboxylic acids is 1. The summed E-state index contributed by atoms with van der Waals surface area (Å²) in [6, 6.07) is 7.07. The summed E-state index contributed by atoms with van der Waals surface area (Å²) in [5.74, 6) is -1.74. The Morgan fingerprint density at radius 2 is 1.98 bits per heavy atom. The fourth-order valence-corrected chi connectivity index (χ4v) is 6.38. The quantitative estimate of drug-likeness (QED) is 0.342. The van der Waals surface area contributed by atoms with E-state index in [1.165, 1.54) is 11.2 Å². The van der Waals surface area contributed by atoms with Gasteiger partial charge in [0.1, 0.15) is 6.33 Å². The lowest BCUT2D eigenvalue weighted by Gasteiger charge is -2.24. The van der Waals surface area contributed by atoms with Crippen molar-refractivity contribution >= 4 is 46.6 Å². The number of carbonyl (C=O) groups excluding carboxylic acids is 2. The SMILES string of the molecule is CC1(C)C2C(=O)N(Cc3cc4c(-c5cc(C(=O)O)cc6ccn(CC7CNCCO7)c56)ncnn4c3)C(=O)C21.Cl. The van der Waals surface area contributed by atoms with Crippen molar-refractivity contribution in [2.75, 3.05) is 19.7 Å². The van der Waals surface area contributed by atoms with Crippen LogP contribution in [0.4, 0.5) is 0 Å². The number of aromatic nitrogens is 4. The molecule has 3 atom stereocenters. The Balaban J connectivity index is 0.00000289. The summed E-state index contributed by atoms with van der Waals surface area (Å²) in [4.78, 5) is 43.7. The number of morpholine rings is 1. The molecule has 3 unspecified atom stereocenters. The summed E-state index contributed by atoms with van der Waals surface area (Å²) in [7, 11) is 0. The molecule has 3 aromatic heterocycles. The molecule has 1 aliphatic carbocycles. The Hall–Kier alpha value is -3.80. The number of carboxylic acids is 1. The number of piperidine rings is 1. The molecule has 0 bridgehead atoms. The molecule has 2 amide bonds. The summed E-state index contributed by atoms with van der Waals surface area (Å²) >= 11 is 0. The van der Waals surface area contributed by atoms with Crippen LogP contribution in [0.1, 0.15) is 29.8 Å². The lowest BCUT2D eigenvalue weighted by Crippen LogP contribution is -2.40. The van der Waals surface area contributed by atoms with Crippen molar-refractivity contribution in [2.45, 2.75) is 33.0 Å². The topological polar surface area (TPSA) is 131 Å². The predicted molar refractivity (Wildman–Crippen MR) is 147 cm³/mol. The Morgan fingerprint density at radius 1 is 1.20 bits per heavy atom. The highest BCUT2D eigenvalue weighted by Crippen LogP contribution is 2.63. The molecule has 2 saturated heterocycles. The van der Waals surface area contributed by atoms with Gasteiger partial charge in [-0.25, -0.2) is 14.3 Å². The zero-order valence-corrected chi connectivity index (χ0v) is 22.9. The van der Waals surface area contributed by atoms with Gasteiger partial charge in [-0.3, -0.25) is 14.5 Å². The van der Waals surface area contributed by atoms with Gasteiger partial charge in [-0.2, -0.15) is 5.10 Å². The van der Waals surface area contributed by atoms with Gasteiger partial charge in [0.2, 0.25) is 11.8 Å². The Morgan fingerprint density at radius 3 is 2.67 bits per heavy atom. The highest BCUT2D eigenvalue weighted by Gasteiger charge is 2.72. The third-order valence-corrected chi connectivity index (χ3v) is 8.46. The molecule has 5 heterocycles. The van der Waals surface area contributed by atoms with E-state index in [9.17, 15) is 19.5 Å². The second-order valence-electron chi connectivity index (χ2n) is 11.3. The van der Waals surface area contributed by atoms with Crippen LogP contribution < -0.4 is 5.32 Å². The van der Waals surface area contributed by atoms with Gasteiger partial charge in [0.05, 0.1) is 59.9 Å². The molecule has 0 spiro atoms. The van der Waals surface area contributed by atoms with Crippen LogP contribution in [0.5, 0.6) is 0 Å². The summed E-state index contributed by atoms with van der Waals surface area (Å²) in [6.45, 7) is 6.87. The monoisotopic (exact) mass is 564 g/mol. The van der Waals surface area contributed by atoms with E-state index >= 15 is 0 Å². The first kappa shape index (κ1) is 26.4. The van der Waals surface area contributed by atoms with Crippen LogP contribution in [0.25, 0.3) is 27.7 Å². The number of hydrogen-bond donors (Lipinski definition) is 2. The molecule has 40 heavy (non-hydrogen) atoms. The average molecular weight is 565 g/mol. The number of carboxylic acid groups (broad SMARTS) is 1. The highest BCUT2D eigenvalue weighted by molar-refractivity contribution is 6.10. The fraction of sp³-hybridized carbons (Fsp3) is 0.393. The standard InChI is InChI=1S/C28H28N6O5.ClH/c1-28(2)21-22(28)26(36)33(25(21)35)11-15-7-20-23(30-14-31-34(20)12-15)19-9-17(27(37)38)8-16-3-5-32(24(16)19)13-18-10-29-4-6-39-18;/h3,5,7-9,12,14,18,21-22,29H,4,6,10-11,13H2,1-2H3,(H,37,38);1H. The van der Waals surface area contributed by atoms with E-state index in [1.807, 2.05) is 32.2 Å². The second kappa shape index (κ2) is 9.39. The number of ether oxygens (including phenoxy) is 1. The van der Waals surface area contributed by atoms with Crippen molar-refractivity contribution in [1.82, 2.24) is 29.4 Å². The van der Waals surface area contributed by atoms with E-state index in [0.717, 1.165) is 29.6 Å². The maximum atomic E-state index is 12.9.